The van der Waals surface area contributed by atoms with Gasteiger partial charge in [0, 0.05) is 12.6 Å². The van der Waals surface area contributed by atoms with Crippen molar-refractivity contribution >= 4 is 0 Å². The molecule has 2 rings (SSSR count). The van der Waals surface area contributed by atoms with E-state index in [1.165, 1.54) is 30.4 Å². The van der Waals surface area contributed by atoms with E-state index in [0.29, 0.717) is 18.1 Å². The van der Waals surface area contributed by atoms with Crippen LogP contribution in [0.1, 0.15) is 57.2 Å². The van der Waals surface area contributed by atoms with Crippen LogP contribution < -0.4 is 5.32 Å². The predicted octanol–water partition coefficient (Wildman–Crippen LogP) is 4.10. The Morgan fingerprint density at radius 1 is 1.30 bits per heavy atom. The van der Waals surface area contributed by atoms with Crippen LogP contribution in [0.15, 0.2) is 24.3 Å². The lowest BCUT2D eigenvalue weighted by Gasteiger charge is -2.28. The fraction of sp³-hybridized carbons (Fsp3) is 0.667. The number of rotatable bonds is 6. The Hall–Kier alpha value is -0.860. The second-order valence-electron chi connectivity index (χ2n) is 6.09. The third kappa shape index (κ3) is 4.07. The Bertz CT molecular complexity index is 402. The monoisotopic (exact) mass is 275 g/mol. The first-order valence-corrected chi connectivity index (χ1v) is 8.15. The molecule has 1 N–H and O–H groups in total. The summed E-state index contributed by atoms with van der Waals surface area (Å²) < 4.78 is 5.77. The van der Waals surface area contributed by atoms with Crippen molar-refractivity contribution in [3.05, 3.63) is 35.4 Å². The minimum absolute atomic E-state index is 0.339. The molecule has 2 nitrogen and oxygen atoms in total. The first-order chi connectivity index (χ1) is 9.72. The fourth-order valence-corrected chi connectivity index (χ4v) is 3.30. The molecule has 0 heterocycles. The zero-order valence-electron chi connectivity index (χ0n) is 13.2. The Morgan fingerprint density at radius 3 is 2.85 bits per heavy atom. The lowest BCUT2D eigenvalue weighted by molar-refractivity contribution is 0.0636. The summed E-state index contributed by atoms with van der Waals surface area (Å²) in [4.78, 5) is 0. The van der Waals surface area contributed by atoms with Crippen LogP contribution in [0.25, 0.3) is 0 Å². The Labute approximate surface area is 123 Å². The summed E-state index contributed by atoms with van der Waals surface area (Å²) in [5.41, 5.74) is 3.05. The zero-order valence-corrected chi connectivity index (χ0v) is 13.2. The molecule has 2 unspecified atom stereocenters. The molecule has 2 atom stereocenters. The van der Waals surface area contributed by atoms with E-state index >= 15 is 0 Å². The average Bonchev–Trinajstić information content (AvgIpc) is 2.60. The highest BCUT2D eigenvalue weighted by Crippen LogP contribution is 2.35. The number of ether oxygens (including phenoxy) is 1. The van der Waals surface area contributed by atoms with Gasteiger partial charge in [0.15, 0.2) is 0 Å². The molecule has 112 valence electrons. The van der Waals surface area contributed by atoms with Crippen LogP contribution in [0.5, 0.6) is 0 Å². The highest BCUT2D eigenvalue weighted by molar-refractivity contribution is 5.31. The Morgan fingerprint density at radius 2 is 2.10 bits per heavy atom. The molecule has 1 aliphatic carbocycles. The maximum Gasteiger partial charge on any atom is 0.0518 e. The molecule has 0 amide bonds. The van der Waals surface area contributed by atoms with Gasteiger partial charge in [-0.25, -0.2) is 0 Å². The van der Waals surface area contributed by atoms with Crippen LogP contribution in [0, 0.1) is 5.92 Å². The second kappa shape index (κ2) is 7.80. The van der Waals surface area contributed by atoms with Gasteiger partial charge in [-0.15, -0.1) is 0 Å². The molecule has 0 saturated heterocycles. The van der Waals surface area contributed by atoms with Gasteiger partial charge in [0.1, 0.15) is 0 Å². The topological polar surface area (TPSA) is 21.3 Å². The van der Waals surface area contributed by atoms with E-state index < -0.39 is 0 Å². The van der Waals surface area contributed by atoms with E-state index in [1.54, 1.807) is 0 Å². The normalized spacial score (nSPS) is 22.6. The maximum absolute atomic E-state index is 5.77. The molecule has 20 heavy (non-hydrogen) atoms. The van der Waals surface area contributed by atoms with Crippen molar-refractivity contribution < 1.29 is 4.74 Å². The van der Waals surface area contributed by atoms with Crippen LogP contribution in [-0.2, 0) is 11.2 Å². The summed E-state index contributed by atoms with van der Waals surface area (Å²) in [5.74, 6) is 0.692. The second-order valence-corrected chi connectivity index (χ2v) is 6.09. The summed E-state index contributed by atoms with van der Waals surface area (Å²) in [5, 5.41) is 3.71. The van der Waals surface area contributed by atoms with E-state index in [9.17, 15) is 0 Å². The van der Waals surface area contributed by atoms with Gasteiger partial charge in [0.25, 0.3) is 0 Å². The number of fused-ring (bicyclic) bond motifs is 1. The fourth-order valence-electron chi connectivity index (χ4n) is 3.30. The van der Waals surface area contributed by atoms with Gasteiger partial charge < -0.3 is 10.1 Å². The molecule has 0 aromatic heterocycles. The van der Waals surface area contributed by atoms with Gasteiger partial charge in [-0.1, -0.05) is 31.2 Å². The molecule has 0 saturated carbocycles. The van der Waals surface area contributed by atoms with Crippen molar-refractivity contribution in [3.8, 4) is 0 Å². The largest absolute Gasteiger partial charge is 0.379 e. The van der Waals surface area contributed by atoms with Crippen molar-refractivity contribution in [2.75, 3.05) is 13.2 Å². The standard InChI is InChI=1S/C18H29NO/c1-4-19-18-16(12-13-20-14(2)3)10-7-9-15-8-5-6-11-17(15)18/h5-6,8,11,14,16,18-19H,4,7,9-10,12-13H2,1-3H3. The third-order valence-electron chi connectivity index (χ3n) is 4.25. The quantitative estimate of drug-likeness (QED) is 0.789. The van der Waals surface area contributed by atoms with E-state index in [1.807, 2.05) is 0 Å². The highest BCUT2D eigenvalue weighted by Gasteiger charge is 2.26. The lowest BCUT2D eigenvalue weighted by Crippen LogP contribution is -2.29. The van der Waals surface area contributed by atoms with Crippen molar-refractivity contribution in [1.82, 2.24) is 5.32 Å². The molecule has 1 aromatic rings. The van der Waals surface area contributed by atoms with E-state index in [-0.39, 0.29) is 0 Å². The first kappa shape index (κ1) is 15.5. The van der Waals surface area contributed by atoms with Crippen LogP contribution in [0.2, 0.25) is 0 Å². The molecule has 0 bridgehead atoms. The van der Waals surface area contributed by atoms with Gasteiger partial charge in [0.05, 0.1) is 6.10 Å². The number of hydrogen-bond acceptors (Lipinski definition) is 2. The molecule has 0 fully saturated rings. The van der Waals surface area contributed by atoms with Gasteiger partial charge in [-0.05, 0) is 63.1 Å². The third-order valence-corrected chi connectivity index (χ3v) is 4.25. The van der Waals surface area contributed by atoms with Crippen LogP contribution in [-0.4, -0.2) is 19.3 Å². The molecular weight excluding hydrogens is 246 g/mol. The number of benzene rings is 1. The minimum Gasteiger partial charge on any atom is -0.379 e. The van der Waals surface area contributed by atoms with E-state index in [2.05, 4.69) is 50.4 Å². The maximum atomic E-state index is 5.77. The van der Waals surface area contributed by atoms with Crippen molar-refractivity contribution in [2.45, 2.75) is 58.6 Å². The van der Waals surface area contributed by atoms with Crippen LogP contribution in [0.3, 0.4) is 0 Å². The molecule has 1 aliphatic rings. The lowest BCUT2D eigenvalue weighted by atomic mass is 9.88. The van der Waals surface area contributed by atoms with Crippen molar-refractivity contribution in [2.24, 2.45) is 5.92 Å². The van der Waals surface area contributed by atoms with Gasteiger partial charge in [0.2, 0.25) is 0 Å². The summed E-state index contributed by atoms with van der Waals surface area (Å²) in [6.45, 7) is 8.34. The number of hydrogen-bond donors (Lipinski definition) is 1. The van der Waals surface area contributed by atoms with Crippen molar-refractivity contribution in [1.29, 1.82) is 0 Å². The van der Waals surface area contributed by atoms with Crippen molar-refractivity contribution in [3.63, 3.8) is 0 Å². The van der Waals surface area contributed by atoms with E-state index in [4.69, 9.17) is 4.74 Å². The molecule has 0 aliphatic heterocycles. The molecule has 0 radical (unpaired) electrons. The SMILES string of the molecule is CCNC1c2ccccc2CCCC1CCOC(C)C. The first-order valence-electron chi connectivity index (χ1n) is 8.15. The highest BCUT2D eigenvalue weighted by atomic mass is 16.5. The average molecular weight is 275 g/mol. The summed E-state index contributed by atoms with van der Waals surface area (Å²) in [6.07, 6.45) is 5.31. The van der Waals surface area contributed by atoms with Gasteiger partial charge in [-0.3, -0.25) is 0 Å². The summed E-state index contributed by atoms with van der Waals surface area (Å²) in [6, 6.07) is 9.45. The smallest absolute Gasteiger partial charge is 0.0518 e. The Kier molecular flexibility index (Phi) is 6.06. The minimum atomic E-state index is 0.339. The molecule has 1 aromatic carbocycles. The molecule has 0 spiro atoms. The Balaban J connectivity index is 2.10. The molecule has 2 heteroatoms. The van der Waals surface area contributed by atoms with Gasteiger partial charge in [-0.2, -0.15) is 0 Å². The predicted molar refractivity (Wildman–Crippen MR) is 85.0 cm³/mol. The van der Waals surface area contributed by atoms with E-state index in [0.717, 1.165) is 19.6 Å². The summed E-state index contributed by atoms with van der Waals surface area (Å²) in [7, 11) is 0. The van der Waals surface area contributed by atoms with Crippen LogP contribution >= 0.6 is 0 Å². The zero-order chi connectivity index (χ0) is 14.4. The summed E-state index contributed by atoms with van der Waals surface area (Å²) >= 11 is 0. The number of aryl methyl sites for hydroxylation is 1. The van der Waals surface area contributed by atoms with Gasteiger partial charge >= 0.3 is 0 Å². The number of nitrogens with one attached hydrogen (secondary N) is 1. The van der Waals surface area contributed by atoms with Crippen LogP contribution in [0.4, 0.5) is 0 Å². The molecular formula is C18H29NO.